The number of carboxylic acids is 1. The van der Waals surface area contributed by atoms with E-state index in [0.717, 1.165) is 6.42 Å². The minimum atomic E-state index is -0.832. The highest BCUT2D eigenvalue weighted by atomic mass is 79.9. The number of nitrogens with zero attached hydrogens (tertiary/aromatic N) is 2. The van der Waals surface area contributed by atoms with Gasteiger partial charge in [-0.3, -0.25) is 14.6 Å². The highest BCUT2D eigenvalue weighted by Crippen LogP contribution is 2.22. The van der Waals surface area contributed by atoms with Gasteiger partial charge < -0.3 is 10.0 Å². The molecule has 0 saturated carbocycles. The smallest absolute Gasteiger partial charge is 0.308 e. The summed E-state index contributed by atoms with van der Waals surface area (Å²) in [4.78, 5) is 28.7. The van der Waals surface area contributed by atoms with Crippen LogP contribution in [-0.2, 0) is 4.79 Å². The van der Waals surface area contributed by atoms with Crippen molar-refractivity contribution in [3.05, 3.63) is 28.5 Å². The summed E-state index contributed by atoms with van der Waals surface area (Å²) < 4.78 is 0.632. The fourth-order valence-corrected chi connectivity index (χ4v) is 2.50. The number of rotatable bonds is 2. The normalized spacial score (nSPS) is 19.6. The largest absolute Gasteiger partial charge is 0.481 e. The van der Waals surface area contributed by atoms with Gasteiger partial charge in [0.1, 0.15) is 0 Å². The topological polar surface area (TPSA) is 70.5 Å². The molecule has 18 heavy (non-hydrogen) atoms. The molecule has 1 aromatic rings. The number of hydrogen-bond acceptors (Lipinski definition) is 3. The number of carboxylic acid groups (broad SMARTS) is 1. The first-order valence-corrected chi connectivity index (χ1v) is 6.50. The molecule has 1 aromatic heterocycles. The Morgan fingerprint density at radius 3 is 2.94 bits per heavy atom. The Bertz CT molecular complexity index is 478. The standard InChI is InChI=1S/C12H13BrN2O3/c13-10-6-14-4-3-9(10)11(16)15-5-1-2-8(7-15)12(17)18/h3-4,6,8H,1-2,5,7H2,(H,17,18). The van der Waals surface area contributed by atoms with E-state index in [2.05, 4.69) is 20.9 Å². The van der Waals surface area contributed by atoms with E-state index < -0.39 is 11.9 Å². The van der Waals surface area contributed by atoms with Gasteiger partial charge >= 0.3 is 5.97 Å². The van der Waals surface area contributed by atoms with Crippen LogP contribution in [0.3, 0.4) is 0 Å². The molecule has 0 aromatic carbocycles. The average molecular weight is 313 g/mol. The number of carbonyl (C=O) groups is 2. The van der Waals surface area contributed by atoms with Gasteiger partial charge in [-0.25, -0.2) is 0 Å². The van der Waals surface area contributed by atoms with Gasteiger partial charge in [-0.15, -0.1) is 0 Å². The average Bonchev–Trinajstić information content (AvgIpc) is 2.38. The number of piperidine rings is 1. The summed E-state index contributed by atoms with van der Waals surface area (Å²) in [5.74, 6) is -1.43. The molecular formula is C12H13BrN2O3. The van der Waals surface area contributed by atoms with E-state index in [-0.39, 0.29) is 12.5 Å². The Labute approximate surface area is 113 Å². The predicted octanol–water partition coefficient (Wildman–Crippen LogP) is 1.78. The molecule has 1 saturated heterocycles. The number of halogens is 1. The van der Waals surface area contributed by atoms with E-state index in [9.17, 15) is 9.59 Å². The quantitative estimate of drug-likeness (QED) is 0.903. The van der Waals surface area contributed by atoms with Crippen molar-refractivity contribution in [2.24, 2.45) is 5.92 Å². The molecule has 5 nitrogen and oxygen atoms in total. The number of carbonyl (C=O) groups excluding carboxylic acids is 1. The Kier molecular flexibility index (Phi) is 3.96. The van der Waals surface area contributed by atoms with E-state index in [4.69, 9.17) is 5.11 Å². The van der Waals surface area contributed by atoms with Crippen LogP contribution in [0, 0.1) is 5.92 Å². The third-order valence-corrected chi connectivity index (χ3v) is 3.69. The maximum atomic E-state index is 12.3. The summed E-state index contributed by atoms with van der Waals surface area (Å²) in [5.41, 5.74) is 0.524. The first-order chi connectivity index (χ1) is 8.59. The second-order valence-corrected chi connectivity index (χ2v) is 5.14. The first kappa shape index (κ1) is 13.0. The maximum Gasteiger partial charge on any atom is 0.308 e. The van der Waals surface area contributed by atoms with Gasteiger partial charge in [-0.05, 0) is 34.8 Å². The Balaban J connectivity index is 2.14. The molecular weight excluding hydrogens is 300 g/mol. The van der Waals surface area contributed by atoms with Crippen LogP contribution in [0.1, 0.15) is 23.2 Å². The first-order valence-electron chi connectivity index (χ1n) is 5.71. The molecule has 0 bridgehead atoms. The molecule has 0 aliphatic carbocycles. The maximum absolute atomic E-state index is 12.3. The molecule has 1 unspecified atom stereocenters. The number of pyridine rings is 1. The Morgan fingerprint density at radius 2 is 2.28 bits per heavy atom. The highest BCUT2D eigenvalue weighted by molar-refractivity contribution is 9.10. The van der Waals surface area contributed by atoms with Crippen molar-refractivity contribution in [2.75, 3.05) is 13.1 Å². The number of likely N-dealkylation sites (tertiary alicyclic amines) is 1. The SMILES string of the molecule is O=C(O)C1CCCN(C(=O)c2ccncc2Br)C1. The fourth-order valence-electron chi connectivity index (χ4n) is 2.08. The van der Waals surface area contributed by atoms with Crippen molar-refractivity contribution < 1.29 is 14.7 Å². The zero-order valence-corrected chi connectivity index (χ0v) is 11.3. The van der Waals surface area contributed by atoms with Crippen molar-refractivity contribution in [3.8, 4) is 0 Å². The molecule has 0 spiro atoms. The summed E-state index contributed by atoms with van der Waals surface area (Å²) in [6.45, 7) is 0.889. The van der Waals surface area contributed by atoms with Gasteiger partial charge in [0, 0.05) is 30.0 Å². The van der Waals surface area contributed by atoms with Crippen molar-refractivity contribution in [2.45, 2.75) is 12.8 Å². The molecule has 2 heterocycles. The van der Waals surface area contributed by atoms with Crippen LogP contribution in [0.25, 0.3) is 0 Å². The molecule has 6 heteroatoms. The lowest BCUT2D eigenvalue weighted by atomic mass is 9.98. The van der Waals surface area contributed by atoms with Crippen molar-refractivity contribution in [1.82, 2.24) is 9.88 Å². The van der Waals surface area contributed by atoms with Crippen LogP contribution < -0.4 is 0 Å². The van der Waals surface area contributed by atoms with Crippen molar-refractivity contribution >= 4 is 27.8 Å². The Morgan fingerprint density at radius 1 is 1.50 bits per heavy atom. The molecule has 1 aliphatic rings. The molecule has 1 aliphatic heterocycles. The summed E-state index contributed by atoms with van der Waals surface area (Å²) in [7, 11) is 0. The minimum absolute atomic E-state index is 0.143. The number of amides is 1. The second-order valence-electron chi connectivity index (χ2n) is 4.28. The van der Waals surface area contributed by atoms with E-state index in [1.165, 1.54) is 0 Å². The van der Waals surface area contributed by atoms with E-state index >= 15 is 0 Å². The summed E-state index contributed by atoms with van der Waals surface area (Å²) in [6.07, 6.45) is 4.48. The van der Waals surface area contributed by atoms with Crippen LogP contribution >= 0.6 is 15.9 Å². The van der Waals surface area contributed by atoms with Gasteiger partial charge in [0.15, 0.2) is 0 Å². The van der Waals surface area contributed by atoms with Crippen LogP contribution in [0.2, 0.25) is 0 Å². The number of aromatic nitrogens is 1. The minimum Gasteiger partial charge on any atom is -0.481 e. The zero-order valence-electron chi connectivity index (χ0n) is 9.67. The summed E-state index contributed by atoms with van der Waals surface area (Å²) >= 11 is 3.28. The predicted molar refractivity (Wildman–Crippen MR) is 68.2 cm³/mol. The molecule has 1 N–H and O–H groups in total. The summed E-state index contributed by atoms with van der Waals surface area (Å²) in [5, 5.41) is 9.01. The second kappa shape index (κ2) is 5.48. The summed E-state index contributed by atoms with van der Waals surface area (Å²) in [6, 6.07) is 1.64. The van der Waals surface area contributed by atoms with Crippen LogP contribution in [0.15, 0.2) is 22.9 Å². The van der Waals surface area contributed by atoms with Crippen LogP contribution in [-0.4, -0.2) is 40.0 Å². The van der Waals surface area contributed by atoms with Gasteiger partial charge in [0.2, 0.25) is 0 Å². The van der Waals surface area contributed by atoms with E-state index in [1.807, 2.05) is 0 Å². The highest BCUT2D eigenvalue weighted by Gasteiger charge is 2.29. The van der Waals surface area contributed by atoms with Crippen LogP contribution in [0.5, 0.6) is 0 Å². The number of aliphatic carboxylic acids is 1. The third-order valence-electron chi connectivity index (χ3n) is 3.06. The monoisotopic (exact) mass is 312 g/mol. The molecule has 0 radical (unpaired) electrons. The lowest BCUT2D eigenvalue weighted by Crippen LogP contribution is -2.42. The van der Waals surface area contributed by atoms with Crippen molar-refractivity contribution in [1.29, 1.82) is 0 Å². The third kappa shape index (κ3) is 2.69. The molecule has 1 atom stereocenters. The molecule has 2 rings (SSSR count). The molecule has 1 fully saturated rings. The van der Waals surface area contributed by atoms with E-state index in [0.29, 0.717) is 23.0 Å². The van der Waals surface area contributed by atoms with Gasteiger partial charge in [0.05, 0.1) is 11.5 Å². The van der Waals surface area contributed by atoms with Gasteiger partial charge in [-0.1, -0.05) is 0 Å². The number of hydrogen-bond donors (Lipinski definition) is 1. The van der Waals surface area contributed by atoms with Gasteiger partial charge in [0.25, 0.3) is 5.91 Å². The van der Waals surface area contributed by atoms with Crippen LogP contribution in [0.4, 0.5) is 0 Å². The lowest BCUT2D eigenvalue weighted by molar-refractivity contribution is -0.143. The Hall–Kier alpha value is -1.43. The van der Waals surface area contributed by atoms with Crippen molar-refractivity contribution in [3.63, 3.8) is 0 Å². The molecule has 96 valence electrons. The lowest BCUT2D eigenvalue weighted by Gasteiger charge is -2.30. The molecule has 1 amide bonds. The van der Waals surface area contributed by atoms with E-state index in [1.54, 1.807) is 23.4 Å². The van der Waals surface area contributed by atoms with Gasteiger partial charge in [-0.2, -0.15) is 0 Å². The zero-order chi connectivity index (χ0) is 13.1. The fraction of sp³-hybridized carbons (Fsp3) is 0.417.